The molecule has 0 radical (unpaired) electrons. The Hall–Kier alpha value is -2.73. The van der Waals surface area contributed by atoms with Crippen molar-refractivity contribution in [3.05, 3.63) is 98.0 Å². The Kier molecular flexibility index (Phi) is 11.3. The van der Waals surface area contributed by atoms with Crippen molar-refractivity contribution in [3.63, 3.8) is 0 Å². The fraction of sp³-hybridized carbons (Fsp3) is 0.333. The lowest BCUT2D eigenvalue weighted by molar-refractivity contribution is -0.142. The number of ether oxygens (including phenoxy) is 1. The molecule has 8 heteroatoms. The van der Waals surface area contributed by atoms with Crippen LogP contribution in [0, 0.1) is 13.8 Å². The van der Waals surface area contributed by atoms with E-state index in [4.69, 9.17) is 39.5 Å². The first-order valence-electron chi connectivity index (χ1n) is 12.6. The van der Waals surface area contributed by atoms with Gasteiger partial charge in [-0.1, -0.05) is 84.5 Å². The van der Waals surface area contributed by atoms with Gasteiger partial charge in [-0.05, 0) is 61.2 Å². The zero-order chi connectivity index (χ0) is 27.7. The highest BCUT2D eigenvalue weighted by Gasteiger charge is 2.31. The average Bonchev–Trinajstić information content (AvgIpc) is 2.90. The number of aryl methyl sites for hydroxylation is 2. The Labute approximate surface area is 240 Å². The Balaban J connectivity index is 1.95. The van der Waals surface area contributed by atoms with Gasteiger partial charge < -0.3 is 15.0 Å². The van der Waals surface area contributed by atoms with E-state index in [2.05, 4.69) is 12.2 Å². The van der Waals surface area contributed by atoms with Crippen molar-refractivity contribution in [1.82, 2.24) is 10.2 Å². The molecular formula is C30H33Cl3N2O3. The Morgan fingerprint density at radius 3 is 2.18 bits per heavy atom. The summed E-state index contributed by atoms with van der Waals surface area (Å²) in [6.45, 7) is 6.13. The molecule has 3 aromatic carbocycles. The number of amides is 2. The van der Waals surface area contributed by atoms with Crippen LogP contribution < -0.4 is 10.1 Å². The molecule has 5 nitrogen and oxygen atoms in total. The van der Waals surface area contributed by atoms with Crippen LogP contribution in [0.5, 0.6) is 5.75 Å². The van der Waals surface area contributed by atoms with Gasteiger partial charge in [-0.3, -0.25) is 9.59 Å². The molecule has 0 fully saturated rings. The summed E-state index contributed by atoms with van der Waals surface area (Å²) in [7, 11) is 0. The molecule has 0 aromatic heterocycles. The van der Waals surface area contributed by atoms with Crippen LogP contribution in [0.3, 0.4) is 0 Å². The van der Waals surface area contributed by atoms with Gasteiger partial charge in [-0.15, -0.1) is 0 Å². The van der Waals surface area contributed by atoms with Crippen molar-refractivity contribution < 1.29 is 14.3 Å². The number of halogens is 3. The molecule has 3 rings (SSSR count). The van der Waals surface area contributed by atoms with Crippen molar-refractivity contribution in [2.75, 3.05) is 13.2 Å². The topological polar surface area (TPSA) is 58.6 Å². The van der Waals surface area contributed by atoms with E-state index in [0.717, 1.165) is 29.5 Å². The van der Waals surface area contributed by atoms with Crippen LogP contribution >= 0.6 is 34.8 Å². The Morgan fingerprint density at radius 2 is 1.58 bits per heavy atom. The van der Waals surface area contributed by atoms with E-state index in [-0.39, 0.29) is 25.0 Å². The van der Waals surface area contributed by atoms with Crippen LogP contribution in [0.25, 0.3) is 0 Å². The van der Waals surface area contributed by atoms with Crippen LogP contribution in [0.15, 0.2) is 60.7 Å². The van der Waals surface area contributed by atoms with Crippen molar-refractivity contribution in [1.29, 1.82) is 0 Å². The van der Waals surface area contributed by atoms with Gasteiger partial charge in [0.2, 0.25) is 5.91 Å². The monoisotopic (exact) mass is 574 g/mol. The van der Waals surface area contributed by atoms with Gasteiger partial charge in [0, 0.05) is 40.1 Å². The first-order valence-corrected chi connectivity index (χ1v) is 13.8. The average molecular weight is 576 g/mol. The standard InChI is InChI=1S/C30H33Cl3N2O3/c1-4-5-14-34-30(37)27(17-22-10-7-6-8-11-22)35(18-24-25(31)12-9-13-26(24)32)28(36)19-38-23-15-20(2)29(33)21(3)16-23/h6-13,15-16,27H,4-5,14,17-19H2,1-3H3,(H,34,37)/t27-/m0/s1. The Bertz CT molecular complexity index is 1210. The molecule has 202 valence electrons. The maximum atomic E-state index is 13.8. The number of benzene rings is 3. The summed E-state index contributed by atoms with van der Waals surface area (Å²) in [6.07, 6.45) is 2.10. The van der Waals surface area contributed by atoms with Crippen molar-refractivity contribution >= 4 is 46.6 Å². The quantitative estimate of drug-likeness (QED) is 0.232. The highest BCUT2D eigenvalue weighted by atomic mass is 35.5. The molecule has 0 aliphatic rings. The maximum absolute atomic E-state index is 13.8. The third-order valence-electron chi connectivity index (χ3n) is 6.26. The molecule has 38 heavy (non-hydrogen) atoms. The first-order chi connectivity index (χ1) is 18.2. The summed E-state index contributed by atoms with van der Waals surface area (Å²) in [5.41, 5.74) is 3.20. The zero-order valence-electron chi connectivity index (χ0n) is 21.9. The van der Waals surface area contributed by atoms with Gasteiger partial charge in [0.25, 0.3) is 5.91 Å². The minimum absolute atomic E-state index is 0.0536. The molecule has 0 aliphatic carbocycles. The molecule has 0 unspecified atom stereocenters. The number of hydrogen-bond acceptors (Lipinski definition) is 3. The van der Waals surface area contributed by atoms with Gasteiger partial charge in [-0.25, -0.2) is 0 Å². The number of carbonyl (C=O) groups is 2. The van der Waals surface area contributed by atoms with E-state index in [0.29, 0.717) is 39.3 Å². The molecular weight excluding hydrogens is 543 g/mol. The third-order valence-corrected chi connectivity index (χ3v) is 7.57. The second-order valence-corrected chi connectivity index (χ2v) is 10.4. The number of hydrogen-bond donors (Lipinski definition) is 1. The van der Waals surface area contributed by atoms with Gasteiger partial charge in [0.1, 0.15) is 11.8 Å². The molecule has 0 saturated heterocycles. The summed E-state index contributed by atoms with van der Waals surface area (Å²) < 4.78 is 5.89. The molecule has 2 amide bonds. The minimum atomic E-state index is -0.800. The lowest BCUT2D eigenvalue weighted by Crippen LogP contribution is -2.52. The number of rotatable bonds is 12. The van der Waals surface area contributed by atoms with Gasteiger partial charge in [-0.2, -0.15) is 0 Å². The zero-order valence-corrected chi connectivity index (χ0v) is 24.2. The Morgan fingerprint density at radius 1 is 0.947 bits per heavy atom. The van der Waals surface area contributed by atoms with Crippen molar-refractivity contribution in [2.45, 2.75) is 52.6 Å². The summed E-state index contributed by atoms with van der Waals surface area (Å²) in [6, 6.07) is 17.6. The summed E-state index contributed by atoms with van der Waals surface area (Å²) in [4.78, 5) is 28.8. The summed E-state index contributed by atoms with van der Waals surface area (Å²) in [5.74, 6) is -0.0738. The van der Waals surface area contributed by atoms with Crippen LogP contribution in [0.2, 0.25) is 15.1 Å². The summed E-state index contributed by atoms with van der Waals surface area (Å²) in [5, 5.41) is 4.50. The van der Waals surface area contributed by atoms with Gasteiger partial charge in [0.15, 0.2) is 6.61 Å². The molecule has 0 bridgehead atoms. The van der Waals surface area contributed by atoms with Crippen LogP contribution in [0.1, 0.15) is 42.0 Å². The molecule has 1 N–H and O–H groups in total. The van der Waals surface area contributed by atoms with Gasteiger partial charge >= 0.3 is 0 Å². The number of carbonyl (C=O) groups excluding carboxylic acids is 2. The second kappa shape index (κ2) is 14.4. The van der Waals surface area contributed by atoms with E-state index in [9.17, 15) is 9.59 Å². The first kappa shape index (κ1) is 29.8. The fourth-order valence-corrected chi connectivity index (χ4v) is 4.76. The number of nitrogens with one attached hydrogen (secondary N) is 1. The second-order valence-electron chi connectivity index (χ2n) is 9.23. The third kappa shape index (κ3) is 8.13. The van der Waals surface area contributed by atoms with Crippen LogP contribution in [-0.2, 0) is 22.6 Å². The lowest BCUT2D eigenvalue weighted by Gasteiger charge is -2.32. The lowest BCUT2D eigenvalue weighted by atomic mass is 10.0. The molecule has 0 spiro atoms. The predicted molar refractivity (Wildman–Crippen MR) is 155 cm³/mol. The van der Waals surface area contributed by atoms with E-state index < -0.39 is 6.04 Å². The normalized spacial score (nSPS) is 11.6. The van der Waals surface area contributed by atoms with Gasteiger partial charge in [0.05, 0.1) is 0 Å². The minimum Gasteiger partial charge on any atom is -0.484 e. The molecule has 3 aromatic rings. The predicted octanol–water partition coefficient (Wildman–Crippen LogP) is 7.20. The molecule has 0 heterocycles. The largest absolute Gasteiger partial charge is 0.484 e. The maximum Gasteiger partial charge on any atom is 0.261 e. The van der Waals surface area contributed by atoms with Crippen molar-refractivity contribution in [3.8, 4) is 5.75 Å². The highest BCUT2D eigenvalue weighted by molar-refractivity contribution is 6.36. The van der Waals surface area contributed by atoms with E-state index in [1.807, 2.05) is 44.2 Å². The molecule has 0 aliphatic heterocycles. The fourth-order valence-electron chi connectivity index (χ4n) is 4.13. The molecule has 0 saturated carbocycles. The SMILES string of the molecule is CCCCNC(=O)[C@H](Cc1ccccc1)N(Cc1c(Cl)cccc1Cl)C(=O)COc1cc(C)c(Cl)c(C)c1. The number of unbranched alkanes of at least 4 members (excludes halogenated alkanes) is 1. The van der Waals surface area contributed by atoms with Crippen LogP contribution in [0.4, 0.5) is 0 Å². The summed E-state index contributed by atoms with van der Waals surface area (Å²) >= 11 is 19.3. The van der Waals surface area contributed by atoms with E-state index in [1.54, 1.807) is 30.3 Å². The van der Waals surface area contributed by atoms with Crippen molar-refractivity contribution in [2.24, 2.45) is 0 Å². The smallest absolute Gasteiger partial charge is 0.261 e. The van der Waals surface area contributed by atoms with E-state index in [1.165, 1.54) is 4.90 Å². The molecule has 1 atom stereocenters. The number of nitrogens with zero attached hydrogens (tertiary/aromatic N) is 1. The van der Waals surface area contributed by atoms with Crippen LogP contribution in [-0.4, -0.2) is 35.9 Å². The highest BCUT2D eigenvalue weighted by Crippen LogP contribution is 2.28. The van der Waals surface area contributed by atoms with E-state index >= 15 is 0 Å².